The smallest absolute Gasteiger partial charge is 0.243 e. The monoisotopic (exact) mass is 354 g/mol. The molecule has 1 unspecified atom stereocenters. The zero-order valence-corrected chi connectivity index (χ0v) is 15.1. The second kappa shape index (κ2) is 8.21. The van der Waals surface area contributed by atoms with E-state index in [0.29, 0.717) is 18.7 Å². The summed E-state index contributed by atoms with van der Waals surface area (Å²) in [5, 5.41) is 2.85. The Morgan fingerprint density at radius 3 is 2.60 bits per heavy atom. The lowest BCUT2D eigenvalue weighted by Gasteiger charge is -2.24. The lowest BCUT2D eigenvalue weighted by atomic mass is 10.1. The van der Waals surface area contributed by atoms with Crippen molar-refractivity contribution in [3.8, 4) is 0 Å². The number of amides is 2. The number of carbonyl (C=O) groups excluding carboxylic acids is 2. The molecule has 1 aliphatic heterocycles. The quantitative estimate of drug-likeness (QED) is 0.867. The normalized spacial score (nSPS) is 15.7. The van der Waals surface area contributed by atoms with Crippen molar-refractivity contribution in [3.05, 3.63) is 65.7 Å². The molecule has 5 heteroatoms. The fraction of sp³-hybridized carbons (Fsp3) is 0.300. The number of carbonyl (C=O) groups is 2. The highest BCUT2D eigenvalue weighted by Gasteiger charge is 2.37. The Morgan fingerprint density at radius 2 is 1.84 bits per heavy atom. The molecule has 2 aromatic rings. The third kappa shape index (κ3) is 4.04. The number of fused-ring (bicyclic) bond motifs is 1. The van der Waals surface area contributed by atoms with Crippen molar-refractivity contribution in [2.75, 3.05) is 17.2 Å². The summed E-state index contributed by atoms with van der Waals surface area (Å²) in [4.78, 5) is 26.9. The Bertz CT molecular complexity index is 748. The molecule has 0 aliphatic carbocycles. The molecule has 2 aromatic carbocycles. The standard InChI is InChI=1S/C20H22N2O2S/c1-2-21-20(24)18-12-16-10-6-7-11-17(16)22(18)19(23)14-25-13-15-8-4-3-5-9-15/h3-11,18H,2,12-14H2,1H3,(H,21,24). The number of nitrogens with zero attached hydrogens (tertiary/aromatic N) is 1. The summed E-state index contributed by atoms with van der Waals surface area (Å²) in [7, 11) is 0. The zero-order valence-electron chi connectivity index (χ0n) is 14.3. The van der Waals surface area contributed by atoms with Crippen molar-refractivity contribution >= 4 is 29.3 Å². The number of hydrogen-bond donors (Lipinski definition) is 1. The summed E-state index contributed by atoms with van der Waals surface area (Å²) >= 11 is 1.58. The largest absolute Gasteiger partial charge is 0.355 e. The predicted octanol–water partition coefficient (Wildman–Crippen LogP) is 3.01. The van der Waals surface area contributed by atoms with E-state index < -0.39 is 6.04 Å². The first-order chi connectivity index (χ1) is 12.2. The van der Waals surface area contributed by atoms with Crippen LogP contribution < -0.4 is 10.2 Å². The molecule has 2 amide bonds. The minimum Gasteiger partial charge on any atom is -0.355 e. The van der Waals surface area contributed by atoms with Gasteiger partial charge in [-0.1, -0.05) is 48.5 Å². The van der Waals surface area contributed by atoms with E-state index >= 15 is 0 Å². The van der Waals surface area contributed by atoms with Crippen LogP contribution in [0.1, 0.15) is 18.1 Å². The summed E-state index contributed by atoms with van der Waals surface area (Å²) in [6.45, 7) is 2.46. The third-order valence-corrected chi connectivity index (χ3v) is 5.22. The van der Waals surface area contributed by atoms with Crippen LogP contribution in [-0.4, -0.2) is 30.2 Å². The van der Waals surface area contributed by atoms with Crippen molar-refractivity contribution < 1.29 is 9.59 Å². The van der Waals surface area contributed by atoms with Gasteiger partial charge in [0.05, 0.1) is 5.75 Å². The van der Waals surface area contributed by atoms with E-state index in [2.05, 4.69) is 17.4 Å². The van der Waals surface area contributed by atoms with Crippen molar-refractivity contribution in [2.45, 2.75) is 25.1 Å². The van der Waals surface area contributed by atoms with Crippen LogP contribution >= 0.6 is 11.8 Å². The molecule has 25 heavy (non-hydrogen) atoms. The molecule has 0 saturated heterocycles. The van der Waals surface area contributed by atoms with Crippen LogP contribution in [0.15, 0.2) is 54.6 Å². The highest BCUT2D eigenvalue weighted by molar-refractivity contribution is 7.99. The lowest BCUT2D eigenvalue weighted by molar-refractivity contribution is -0.125. The average molecular weight is 354 g/mol. The molecule has 0 spiro atoms. The van der Waals surface area contributed by atoms with E-state index in [-0.39, 0.29) is 11.8 Å². The van der Waals surface area contributed by atoms with E-state index in [0.717, 1.165) is 17.0 Å². The molecule has 0 fully saturated rings. The van der Waals surface area contributed by atoms with Crippen LogP contribution in [0.4, 0.5) is 5.69 Å². The van der Waals surface area contributed by atoms with Gasteiger partial charge in [-0.25, -0.2) is 0 Å². The maximum Gasteiger partial charge on any atom is 0.243 e. The molecule has 0 aromatic heterocycles. The maximum absolute atomic E-state index is 12.8. The van der Waals surface area contributed by atoms with Crippen LogP contribution in [0.3, 0.4) is 0 Å². The van der Waals surface area contributed by atoms with Gasteiger partial charge in [0.25, 0.3) is 0 Å². The number of nitrogens with one attached hydrogen (secondary N) is 1. The number of rotatable bonds is 6. The number of hydrogen-bond acceptors (Lipinski definition) is 3. The molecule has 4 nitrogen and oxygen atoms in total. The Labute approximate surface area is 152 Å². The average Bonchev–Trinajstić information content (AvgIpc) is 3.02. The van der Waals surface area contributed by atoms with Gasteiger partial charge in [-0.05, 0) is 24.1 Å². The van der Waals surface area contributed by atoms with E-state index in [4.69, 9.17) is 0 Å². The second-order valence-electron chi connectivity index (χ2n) is 5.99. The summed E-state index contributed by atoms with van der Waals surface area (Å²) in [6.07, 6.45) is 0.580. The van der Waals surface area contributed by atoms with Gasteiger partial charge in [0, 0.05) is 24.4 Å². The van der Waals surface area contributed by atoms with Crippen LogP contribution in [0, 0.1) is 0 Å². The fourth-order valence-corrected chi connectivity index (χ4v) is 3.94. The summed E-state index contributed by atoms with van der Waals surface area (Å²) in [5.74, 6) is 1.05. The lowest BCUT2D eigenvalue weighted by Crippen LogP contribution is -2.48. The van der Waals surface area contributed by atoms with Crippen molar-refractivity contribution in [2.24, 2.45) is 0 Å². The molecule has 1 aliphatic rings. The first kappa shape index (κ1) is 17.5. The Morgan fingerprint density at radius 1 is 1.12 bits per heavy atom. The Hall–Kier alpha value is -2.27. The van der Waals surface area contributed by atoms with Gasteiger partial charge in [0.1, 0.15) is 6.04 Å². The molecule has 1 N–H and O–H groups in total. The molecular weight excluding hydrogens is 332 g/mol. The van der Waals surface area contributed by atoms with Gasteiger partial charge in [-0.3, -0.25) is 14.5 Å². The SMILES string of the molecule is CCNC(=O)C1Cc2ccccc2N1C(=O)CSCc1ccccc1. The highest BCUT2D eigenvalue weighted by atomic mass is 32.2. The van der Waals surface area contributed by atoms with Crippen LogP contribution in [0.25, 0.3) is 0 Å². The second-order valence-corrected chi connectivity index (χ2v) is 6.97. The van der Waals surface area contributed by atoms with E-state index in [1.165, 1.54) is 5.56 Å². The summed E-state index contributed by atoms with van der Waals surface area (Å²) in [6, 6.07) is 17.4. The molecule has 1 heterocycles. The first-order valence-corrected chi connectivity index (χ1v) is 9.65. The van der Waals surface area contributed by atoms with Crippen LogP contribution in [-0.2, 0) is 21.8 Å². The predicted molar refractivity (Wildman–Crippen MR) is 103 cm³/mol. The van der Waals surface area contributed by atoms with E-state index in [1.807, 2.05) is 49.4 Å². The minimum atomic E-state index is -0.442. The molecule has 0 radical (unpaired) electrons. The fourth-order valence-electron chi connectivity index (χ4n) is 3.10. The van der Waals surface area contributed by atoms with Gasteiger partial charge >= 0.3 is 0 Å². The molecule has 3 rings (SSSR count). The number of anilines is 1. The number of para-hydroxylation sites is 1. The van der Waals surface area contributed by atoms with Gasteiger partial charge in [0.15, 0.2) is 0 Å². The highest BCUT2D eigenvalue weighted by Crippen LogP contribution is 2.32. The number of benzene rings is 2. The molecule has 0 bridgehead atoms. The Kier molecular flexibility index (Phi) is 5.76. The van der Waals surface area contributed by atoms with Crippen molar-refractivity contribution in [3.63, 3.8) is 0 Å². The van der Waals surface area contributed by atoms with Gasteiger partial charge < -0.3 is 5.32 Å². The Balaban J connectivity index is 1.70. The van der Waals surface area contributed by atoms with Crippen molar-refractivity contribution in [1.82, 2.24) is 5.32 Å². The van der Waals surface area contributed by atoms with Gasteiger partial charge in [-0.15, -0.1) is 11.8 Å². The number of likely N-dealkylation sites (N-methyl/N-ethyl adjacent to an activating group) is 1. The van der Waals surface area contributed by atoms with Gasteiger partial charge in [0.2, 0.25) is 11.8 Å². The van der Waals surface area contributed by atoms with Crippen LogP contribution in [0.2, 0.25) is 0 Å². The molecule has 1 atom stereocenters. The number of thioether (sulfide) groups is 1. The maximum atomic E-state index is 12.8. The van der Waals surface area contributed by atoms with Crippen molar-refractivity contribution in [1.29, 1.82) is 0 Å². The van der Waals surface area contributed by atoms with Gasteiger partial charge in [-0.2, -0.15) is 0 Å². The molecule has 130 valence electrons. The summed E-state index contributed by atoms with van der Waals surface area (Å²) < 4.78 is 0. The zero-order chi connectivity index (χ0) is 17.6. The molecular formula is C20H22N2O2S. The third-order valence-electron chi connectivity index (χ3n) is 4.24. The molecule has 0 saturated carbocycles. The topological polar surface area (TPSA) is 49.4 Å². The van der Waals surface area contributed by atoms with E-state index in [1.54, 1.807) is 16.7 Å². The first-order valence-electron chi connectivity index (χ1n) is 8.50. The van der Waals surface area contributed by atoms with E-state index in [9.17, 15) is 9.59 Å². The minimum absolute atomic E-state index is 0.0119. The summed E-state index contributed by atoms with van der Waals surface area (Å²) in [5.41, 5.74) is 3.12. The van der Waals surface area contributed by atoms with Crippen LogP contribution in [0.5, 0.6) is 0 Å².